The van der Waals surface area contributed by atoms with Crippen LogP contribution in [0.5, 0.6) is 0 Å². The predicted molar refractivity (Wildman–Crippen MR) is 70.9 cm³/mol. The molecule has 1 saturated carbocycles. The molecule has 98 valence electrons. The first-order valence-electron chi connectivity index (χ1n) is 6.35. The van der Waals surface area contributed by atoms with Crippen LogP contribution in [0.4, 0.5) is 5.82 Å². The number of nitrogens with zero attached hydrogens (tertiary/aromatic N) is 2. The summed E-state index contributed by atoms with van der Waals surface area (Å²) in [6.07, 6.45) is 3.82. The highest BCUT2D eigenvalue weighted by atomic mass is 16.2. The Morgan fingerprint density at radius 1 is 1.56 bits per heavy atom. The maximum atomic E-state index is 12.4. The van der Waals surface area contributed by atoms with E-state index in [4.69, 9.17) is 5.84 Å². The van der Waals surface area contributed by atoms with Crippen molar-refractivity contribution in [2.75, 3.05) is 12.0 Å². The second-order valence-corrected chi connectivity index (χ2v) is 5.16. The lowest BCUT2D eigenvalue weighted by Gasteiger charge is -2.24. The summed E-state index contributed by atoms with van der Waals surface area (Å²) in [4.78, 5) is 18.4. The highest BCUT2D eigenvalue weighted by Gasteiger charge is 2.33. The summed E-state index contributed by atoms with van der Waals surface area (Å²) in [6, 6.07) is 3.90. The van der Waals surface area contributed by atoms with E-state index in [0.717, 1.165) is 19.4 Å². The van der Waals surface area contributed by atoms with Gasteiger partial charge in [0.2, 0.25) is 0 Å². The fraction of sp³-hybridized carbons (Fsp3) is 0.538. The lowest BCUT2D eigenvalue weighted by Crippen LogP contribution is -2.36. The Morgan fingerprint density at radius 2 is 2.28 bits per heavy atom. The Hall–Kier alpha value is -1.62. The number of anilines is 1. The summed E-state index contributed by atoms with van der Waals surface area (Å²) in [5.74, 6) is 6.37. The van der Waals surface area contributed by atoms with Crippen molar-refractivity contribution in [2.45, 2.75) is 32.7 Å². The van der Waals surface area contributed by atoms with Crippen molar-refractivity contribution >= 4 is 11.7 Å². The summed E-state index contributed by atoms with van der Waals surface area (Å²) in [5, 5.41) is 0. The molecule has 1 fully saturated rings. The zero-order valence-corrected chi connectivity index (χ0v) is 10.9. The van der Waals surface area contributed by atoms with E-state index in [1.807, 2.05) is 4.90 Å². The lowest BCUT2D eigenvalue weighted by atomic mass is 10.1. The summed E-state index contributed by atoms with van der Waals surface area (Å²) in [6.45, 7) is 5.06. The molecule has 0 radical (unpaired) electrons. The number of hydrogen-bond donors (Lipinski definition) is 2. The number of rotatable bonds is 5. The number of hydrazine groups is 1. The minimum absolute atomic E-state index is 0.0715. The zero-order valence-electron chi connectivity index (χ0n) is 10.9. The fourth-order valence-electron chi connectivity index (χ4n) is 1.95. The molecule has 1 aromatic rings. The van der Waals surface area contributed by atoms with Gasteiger partial charge in [0.15, 0.2) is 0 Å². The normalized spacial score (nSPS) is 14.7. The van der Waals surface area contributed by atoms with E-state index in [9.17, 15) is 4.79 Å². The van der Waals surface area contributed by atoms with Crippen molar-refractivity contribution in [2.24, 2.45) is 11.8 Å². The predicted octanol–water partition coefficient (Wildman–Crippen LogP) is 1.63. The quantitative estimate of drug-likeness (QED) is 0.613. The van der Waals surface area contributed by atoms with Crippen molar-refractivity contribution in [1.82, 2.24) is 9.88 Å². The van der Waals surface area contributed by atoms with E-state index in [-0.39, 0.29) is 5.91 Å². The van der Waals surface area contributed by atoms with Gasteiger partial charge in [0, 0.05) is 18.8 Å². The van der Waals surface area contributed by atoms with E-state index in [0.29, 0.717) is 23.3 Å². The third-order valence-electron chi connectivity index (χ3n) is 2.97. The molecular weight excluding hydrogens is 228 g/mol. The SMILES string of the molecule is CC(C)CN(C(=O)c1ccc(NN)nc1)C1CC1. The van der Waals surface area contributed by atoms with Crippen LogP contribution in [0.1, 0.15) is 37.0 Å². The van der Waals surface area contributed by atoms with E-state index in [1.54, 1.807) is 18.3 Å². The third-order valence-corrected chi connectivity index (χ3v) is 2.97. The maximum absolute atomic E-state index is 12.4. The molecule has 5 nitrogen and oxygen atoms in total. The third kappa shape index (κ3) is 2.98. The number of nitrogens with one attached hydrogen (secondary N) is 1. The molecule has 0 unspecified atom stereocenters. The van der Waals surface area contributed by atoms with Crippen molar-refractivity contribution in [3.8, 4) is 0 Å². The maximum Gasteiger partial charge on any atom is 0.255 e. The highest BCUT2D eigenvalue weighted by molar-refractivity contribution is 5.94. The summed E-state index contributed by atoms with van der Waals surface area (Å²) in [7, 11) is 0. The van der Waals surface area contributed by atoms with Crippen molar-refractivity contribution in [1.29, 1.82) is 0 Å². The molecule has 18 heavy (non-hydrogen) atoms. The molecule has 0 atom stereocenters. The van der Waals surface area contributed by atoms with Gasteiger partial charge in [-0.25, -0.2) is 10.8 Å². The molecular formula is C13H20N4O. The van der Waals surface area contributed by atoms with Gasteiger partial charge in [-0.3, -0.25) is 4.79 Å². The van der Waals surface area contributed by atoms with Gasteiger partial charge in [0.1, 0.15) is 5.82 Å². The number of pyridine rings is 1. The van der Waals surface area contributed by atoms with Crippen LogP contribution in [-0.2, 0) is 0 Å². The van der Waals surface area contributed by atoms with Gasteiger partial charge in [0.05, 0.1) is 5.56 Å². The molecule has 0 aliphatic heterocycles. The van der Waals surface area contributed by atoms with Crippen LogP contribution < -0.4 is 11.3 Å². The number of nitrogens with two attached hydrogens (primary N) is 1. The smallest absolute Gasteiger partial charge is 0.255 e. The van der Waals surface area contributed by atoms with Crippen LogP contribution in [0.3, 0.4) is 0 Å². The van der Waals surface area contributed by atoms with Crippen LogP contribution in [0, 0.1) is 5.92 Å². The molecule has 2 rings (SSSR count). The topological polar surface area (TPSA) is 71.2 Å². The monoisotopic (exact) mass is 248 g/mol. The van der Waals surface area contributed by atoms with Crippen LogP contribution in [0.25, 0.3) is 0 Å². The van der Waals surface area contributed by atoms with Gasteiger partial charge >= 0.3 is 0 Å². The van der Waals surface area contributed by atoms with Crippen LogP contribution in [0.15, 0.2) is 18.3 Å². The average Bonchev–Trinajstić information content (AvgIpc) is 3.19. The van der Waals surface area contributed by atoms with Gasteiger partial charge in [-0.05, 0) is 30.9 Å². The Labute approximate surface area is 107 Å². The Balaban J connectivity index is 2.11. The van der Waals surface area contributed by atoms with Crippen LogP contribution in [0.2, 0.25) is 0 Å². The molecule has 1 amide bonds. The molecule has 0 aromatic carbocycles. The second kappa shape index (κ2) is 5.35. The van der Waals surface area contributed by atoms with Gasteiger partial charge in [-0.2, -0.15) is 0 Å². The van der Waals surface area contributed by atoms with Gasteiger partial charge in [0.25, 0.3) is 5.91 Å². The van der Waals surface area contributed by atoms with Gasteiger partial charge in [-0.1, -0.05) is 13.8 Å². The van der Waals surface area contributed by atoms with Crippen molar-refractivity contribution in [3.05, 3.63) is 23.9 Å². The minimum atomic E-state index is 0.0715. The molecule has 0 bridgehead atoms. The number of nitrogen functional groups attached to an aromatic ring is 1. The highest BCUT2D eigenvalue weighted by Crippen LogP contribution is 2.29. The molecule has 3 N–H and O–H groups in total. The number of hydrogen-bond acceptors (Lipinski definition) is 4. The fourth-order valence-corrected chi connectivity index (χ4v) is 1.95. The van der Waals surface area contributed by atoms with Crippen molar-refractivity contribution in [3.63, 3.8) is 0 Å². The summed E-state index contributed by atoms with van der Waals surface area (Å²) < 4.78 is 0. The molecule has 1 aliphatic rings. The van der Waals surface area contributed by atoms with Crippen LogP contribution >= 0.6 is 0 Å². The molecule has 1 aromatic heterocycles. The number of amides is 1. The lowest BCUT2D eigenvalue weighted by molar-refractivity contribution is 0.0722. The number of aromatic nitrogens is 1. The average molecular weight is 248 g/mol. The summed E-state index contributed by atoms with van der Waals surface area (Å²) >= 11 is 0. The largest absolute Gasteiger partial charge is 0.335 e. The number of carbonyl (C=O) groups is 1. The molecule has 0 saturated heterocycles. The van der Waals surface area contributed by atoms with Gasteiger partial charge in [-0.15, -0.1) is 0 Å². The molecule has 1 heterocycles. The van der Waals surface area contributed by atoms with E-state index in [2.05, 4.69) is 24.3 Å². The first-order chi connectivity index (χ1) is 8.61. The van der Waals surface area contributed by atoms with Crippen molar-refractivity contribution < 1.29 is 4.79 Å². The minimum Gasteiger partial charge on any atom is -0.335 e. The number of carbonyl (C=O) groups excluding carboxylic acids is 1. The zero-order chi connectivity index (χ0) is 13.1. The Morgan fingerprint density at radius 3 is 2.72 bits per heavy atom. The van der Waals surface area contributed by atoms with E-state index >= 15 is 0 Å². The van der Waals surface area contributed by atoms with Crippen LogP contribution in [-0.4, -0.2) is 28.4 Å². The second-order valence-electron chi connectivity index (χ2n) is 5.16. The molecule has 0 spiro atoms. The first kappa shape index (κ1) is 12.8. The molecule has 1 aliphatic carbocycles. The molecule has 5 heteroatoms. The Bertz CT molecular complexity index is 412. The van der Waals surface area contributed by atoms with E-state index in [1.165, 1.54) is 0 Å². The first-order valence-corrected chi connectivity index (χ1v) is 6.35. The van der Waals surface area contributed by atoms with Gasteiger partial charge < -0.3 is 10.3 Å². The Kier molecular flexibility index (Phi) is 3.81. The van der Waals surface area contributed by atoms with E-state index < -0.39 is 0 Å². The summed E-state index contributed by atoms with van der Waals surface area (Å²) in [5.41, 5.74) is 3.08. The standard InChI is InChI=1S/C13H20N4O/c1-9(2)8-17(11-4-5-11)13(18)10-3-6-12(16-14)15-7-10/h3,6-7,9,11H,4-5,8,14H2,1-2H3,(H,15,16).